The van der Waals surface area contributed by atoms with Gasteiger partial charge < -0.3 is 4.42 Å². The second-order valence-electron chi connectivity index (χ2n) is 2.84. The zero-order valence-electron chi connectivity index (χ0n) is 7.49. The van der Waals surface area contributed by atoms with Gasteiger partial charge in [-0.15, -0.1) is 21.9 Å². The topological polar surface area (TPSA) is 64.3 Å². The summed E-state index contributed by atoms with van der Waals surface area (Å²) in [5, 5.41) is 12.7. The van der Waals surface area contributed by atoms with Crippen molar-refractivity contribution >= 4 is 17.2 Å². The van der Waals surface area contributed by atoms with E-state index in [1.807, 2.05) is 23.6 Å². The predicted molar refractivity (Wildman–Crippen MR) is 55.5 cm³/mol. The van der Waals surface area contributed by atoms with E-state index in [0.29, 0.717) is 5.84 Å². The van der Waals surface area contributed by atoms with E-state index in [-0.39, 0.29) is 0 Å². The highest BCUT2D eigenvalue weighted by molar-refractivity contribution is 7.12. The molecule has 0 aliphatic carbocycles. The number of nitrogens with zero attached hydrogens (tertiary/aromatic N) is 4. The molecule has 6 heteroatoms. The molecule has 3 heterocycles. The van der Waals surface area contributed by atoms with Crippen molar-refractivity contribution in [2.45, 2.75) is 0 Å². The lowest BCUT2D eigenvalue weighted by Gasteiger charge is -1.96. The molecule has 2 aromatic heterocycles. The summed E-state index contributed by atoms with van der Waals surface area (Å²) in [6.07, 6.45) is 1.64. The summed E-state index contributed by atoms with van der Waals surface area (Å²) < 4.78 is 5.33. The first-order valence-corrected chi connectivity index (χ1v) is 5.13. The standard InChI is InChI=1S/C9H5N4OS/c1-2-7(14-4-1)6-3-5-15-8(6)9-10-12-13-11-9/h1-5H. The number of hydrogen-bond donors (Lipinski definition) is 0. The summed E-state index contributed by atoms with van der Waals surface area (Å²) in [7, 11) is 0. The van der Waals surface area contributed by atoms with E-state index in [2.05, 4.69) is 21.0 Å². The van der Waals surface area contributed by atoms with E-state index >= 15 is 0 Å². The van der Waals surface area contributed by atoms with Gasteiger partial charge in [0.25, 0.3) is 0 Å². The fraction of sp³-hybridized carbons (Fsp3) is 0. The lowest BCUT2D eigenvalue weighted by atomic mass is 10.2. The van der Waals surface area contributed by atoms with Gasteiger partial charge in [-0.3, -0.25) is 0 Å². The van der Waals surface area contributed by atoms with Gasteiger partial charge in [-0.1, -0.05) is 0 Å². The normalized spacial score (nSPS) is 14.0. The SMILES string of the molecule is c1coc(-c2ccsc2C2=NN=N[N]2)c1. The summed E-state index contributed by atoms with van der Waals surface area (Å²) >= 11 is 1.54. The Labute approximate surface area is 89.1 Å². The fourth-order valence-corrected chi connectivity index (χ4v) is 2.17. The van der Waals surface area contributed by atoms with Crippen molar-refractivity contribution in [2.75, 3.05) is 0 Å². The molecule has 3 rings (SSSR count). The molecule has 73 valence electrons. The Hall–Kier alpha value is -1.95. The largest absolute Gasteiger partial charge is 0.464 e. The summed E-state index contributed by atoms with van der Waals surface area (Å²) in [6, 6.07) is 5.71. The Morgan fingerprint density at radius 1 is 1.20 bits per heavy atom. The molecule has 1 radical (unpaired) electrons. The Bertz CT molecular complexity index is 526. The zero-order chi connectivity index (χ0) is 10.1. The smallest absolute Gasteiger partial charge is 0.217 e. The number of rotatable bonds is 2. The molecule has 0 unspecified atom stereocenters. The molecule has 5 nitrogen and oxygen atoms in total. The number of amidine groups is 1. The van der Waals surface area contributed by atoms with Crippen LogP contribution in [0.5, 0.6) is 0 Å². The summed E-state index contributed by atoms with van der Waals surface area (Å²) in [6.45, 7) is 0. The summed E-state index contributed by atoms with van der Waals surface area (Å²) in [5.41, 5.74) is 4.80. The van der Waals surface area contributed by atoms with E-state index in [1.54, 1.807) is 17.6 Å². The number of hydrogen-bond acceptors (Lipinski definition) is 5. The van der Waals surface area contributed by atoms with Crippen molar-refractivity contribution in [3.05, 3.63) is 34.7 Å². The van der Waals surface area contributed by atoms with Crippen LogP contribution in [0.2, 0.25) is 0 Å². The van der Waals surface area contributed by atoms with Crippen LogP contribution in [0.4, 0.5) is 0 Å². The average Bonchev–Trinajstić information content (AvgIpc) is 3.01. The van der Waals surface area contributed by atoms with Crippen molar-refractivity contribution < 1.29 is 4.42 Å². The molecule has 0 aromatic carbocycles. The van der Waals surface area contributed by atoms with Crippen molar-refractivity contribution in [2.24, 2.45) is 15.5 Å². The van der Waals surface area contributed by atoms with Crippen LogP contribution in [-0.2, 0) is 0 Å². The van der Waals surface area contributed by atoms with E-state index < -0.39 is 0 Å². The number of furan rings is 1. The molecule has 0 atom stereocenters. The fourth-order valence-electron chi connectivity index (χ4n) is 1.34. The third-order valence-corrected chi connectivity index (χ3v) is 2.88. The first kappa shape index (κ1) is 8.37. The second kappa shape index (κ2) is 3.32. The van der Waals surface area contributed by atoms with Crippen LogP contribution in [0, 0.1) is 0 Å². The summed E-state index contributed by atoms with van der Waals surface area (Å²) in [5.74, 6) is 1.34. The molecule has 0 N–H and O–H groups in total. The monoisotopic (exact) mass is 217 g/mol. The average molecular weight is 217 g/mol. The van der Waals surface area contributed by atoms with Crippen LogP contribution >= 0.6 is 11.3 Å². The van der Waals surface area contributed by atoms with Gasteiger partial charge in [-0.05, 0) is 34.0 Å². The van der Waals surface area contributed by atoms with Crippen LogP contribution < -0.4 is 5.43 Å². The molecule has 15 heavy (non-hydrogen) atoms. The van der Waals surface area contributed by atoms with Gasteiger partial charge in [0.05, 0.1) is 11.1 Å². The first-order valence-electron chi connectivity index (χ1n) is 4.25. The lowest BCUT2D eigenvalue weighted by Crippen LogP contribution is -2.06. The predicted octanol–water partition coefficient (Wildman–Crippen LogP) is 2.65. The molecule has 2 aromatic rings. The highest BCUT2D eigenvalue weighted by Gasteiger charge is 2.17. The minimum atomic E-state index is 0.538. The highest BCUT2D eigenvalue weighted by Crippen LogP contribution is 2.29. The van der Waals surface area contributed by atoms with E-state index in [1.165, 1.54) is 0 Å². The minimum absolute atomic E-state index is 0.538. The summed E-state index contributed by atoms with van der Waals surface area (Å²) in [4.78, 5) is 0.926. The van der Waals surface area contributed by atoms with Gasteiger partial charge in [0, 0.05) is 5.56 Å². The van der Waals surface area contributed by atoms with E-state index in [9.17, 15) is 0 Å². The quantitative estimate of drug-likeness (QED) is 0.762. The molecule has 1 aliphatic heterocycles. The molecule has 0 amide bonds. The Kier molecular flexibility index (Phi) is 1.85. The lowest BCUT2D eigenvalue weighted by molar-refractivity contribution is 0.582. The molecule has 0 saturated heterocycles. The molecule has 0 bridgehead atoms. The van der Waals surface area contributed by atoms with Gasteiger partial charge in [0.15, 0.2) is 0 Å². The molecule has 1 aliphatic rings. The van der Waals surface area contributed by atoms with E-state index in [0.717, 1.165) is 16.2 Å². The third kappa shape index (κ3) is 1.35. The Morgan fingerprint density at radius 3 is 2.93 bits per heavy atom. The van der Waals surface area contributed by atoms with Gasteiger partial charge in [-0.2, -0.15) is 0 Å². The molecule has 0 saturated carbocycles. The van der Waals surface area contributed by atoms with Crippen LogP contribution in [0.3, 0.4) is 0 Å². The first-order chi connectivity index (χ1) is 7.45. The van der Waals surface area contributed by atoms with E-state index in [4.69, 9.17) is 4.42 Å². The van der Waals surface area contributed by atoms with Crippen molar-refractivity contribution in [3.8, 4) is 11.3 Å². The van der Waals surface area contributed by atoms with Crippen molar-refractivity contribution in [3.63, 3.8) is 0 Å². The van der Waals surface area contributed by atoms with Crippen LogP contribution in [0.1, 0.15) is 4.88 Å². The maximum Gasteiger partial charge on any atom is 0.217 e. The van der Waals surface area contributed by atoms with Crippen molar-refractivity contribution in [1.82, 2.24) is 5.43 Å². The van der Waals surface area contributed by atoms with Crippen LogP contribution in [-0.4, -0.2) is 5.84 Å². The highest BCUT2D eigenvalue weighted by atomic mass is 32.1. The molecular weight excluding hydrogens is 212 g/mol. The van der Waals surface area contributed by atoms with Crippen molar-refractivity contribution in [1.29, 1.82) is 0 Å². The maximum atomic E-state index is 5.33. The molecule has 0 spiro atoms. The molecule has 0 fully saturated rings. The van der Waals surface area contributed by atoms with Crippen LogP contribution in [0.25, 0.3) is 11.3 Å². The molecular formula is C9H5N4OS. The van der Waals surface area contributed by atoms with Gasteiger partial charge >= 0.3 is 0 Å². The Morgan fingerprint density at radius 2 is 2.20 bits per heavy atom. The number of thiophene rings is 1. The van der Waals surface area contributed by atoms with Crippen LogP contribution in [0.15, 0.2) is 49.8 Å². The third-order valence-electron chi connectivity index (χ3n) is 1.97. The maximum absolute atomic E-state index is 5.33. The Balaban J connectivity index is 2.07. The van der Waals surface area contributed by atoms with Gasteiger partial charge in [0.1, 0.15) is 5.76 Å². The second-order valence-corrected chi connectivity index (χ2v) is 3.76. The zero-order valence-corrected chi connectivity index (χ0v) is 8.31. The van der Waals surface area contributed by atoms with Gasteiger partial charge in [0.2, 0.25) is 5.84 Å². The minimum Gasteiger partial charge on any atom is -0.464 e. The van der Waals surface area contributed by atoms with Gasteiger partial charge in [-0.25, -0.2) is 0 Å².